The maximum atomic E-state index is 12.6. The second-order valence-electron chi connectivity index (χ2n) is 4.98. The zero-order valence-corrected chi connectivity index (χ0v) is 12.4. The zero-order valence-electron chi connectivity index (χ0n) is 12.4. The number of anilines is 2. The lowest BCUT2D eigenvalue weighted by Crippen LogP contribution is -2.26. The smallest absolute Gasteiger partial charge is 0.258 e. The number of carbonyl (C=O) groups excluding carboxylic acids is 1. The van der Waals surface area contributed by atoms with Crippen molar-refractivity contribution in [2.75, 3.05) is 24.3 Å². The van der Waals surface area contributed by atoms with Crippen molar-refractivity contribution in [1.29, 1.82) is 0 Å². The molecule has 0 aromatic heterocycles. The molecule has 1 N–H and O–H groups in total. The van der Waals surface area contributed by atoms with E-state index in [-0.39, 0.29) is 5.91 Å². The third-order valence-corrected chi connectivity index (χ3v) is 3.44. The van der Waals surface area contributed by atoms with Gasteiger partial charge in [-0.3, -0.25) is 4.79 Å². The van der Waals surface area contributed by atoms with Gasteiger partial charge >= 0.3 is 0 Å². The Balaban J connectivity index is 2.31. The number of rotatable bonds is 3. The molecule has 0 aliphatic rings. The standard InChI is InChI=1S/C17H20N2O/c1-12-6-5-7-15(10-12)19(4)17(20)16-9-8-14(18-3)11-13(16)2/h5-11,18H,1-4H3. The fraction of sp³-hybridized carbons (Fsp3) is 0.235. The van der Waals surface area contributed by atoms with Gasteiger partial charge in [-0.1, -0.05) is 12.1 Å². The quantitative estimate of drug-likeness (QED) is 0.922. The van der Waals surface area contributed by atoms with Crippen LogP contribution in [0.25, 0.3) is 0 Å². The van der Waals surface area contributed by atoms with Gasteiger partial charge in [0.1, 0.15) is 0 Å². The Morgan fingerprint density at radius 3 is 2.45 bits per heavy atom. The van der Waals surface area contributed by atoms with Gasteiger partial charge in [-0.15, -0.1) is 0 Å². The van der Waals surface area contributed by atoms with Gasteiger partial charge in [-0.05, 0) is 55.3 Å². The molecule has 0 atom stereocenters. The molecule has 2 aromatic carbocycles. The summed E-state index contributed by atoms with van der Waals surface area (Å²) in [6.07, 6.45) is 0. The maximum Gasteiger partial charge on any atom is 0.258 e. The summed E-state index contributed by atoms with van der Waals surface area (Å²) in [5.74, 6) is 0.00996. The molecule has 0 saturated heterocycles. The fourth-order valence-electron chi connectivity index (χ4n) is 2.19. The normalized spacial score (nSPS) is 10.2. The molecule has 0 saturated carbocycles. The lowest BCUT2D eigenvalue weighted by atomic mass is 10.1. The number of hydrogen-bond acceptors (Lipinski definition) is 2. The van der Waals surface area contributed by atoms with Crippen LogP contribution in [0.15, 0.2) is 42.5 Å². The van der Waals surface area contributed by atoms with Gasteiger partial charge in [0.25, 0.3) is 5.91 Å². The van der Waals surface area contributed by atoms with Gasteiger partial charge < -0.3 is 10.2 Å². The highest BCUT2D eigenvalue weighted by Crippen LogP contribution is 2.20. The van der Waals surface area contributed by atoms with Gasteiger partial charge in [0.2, 0.25) is 0 Å². The van der Waals surface area contributed by atoms with Crippen molar-refractivity contribution in [3.63, 3.8) is 0 Å². The van der Waals surface area contributed by atoms with E-state index in [1.54, 1.807) is 4.90 Å². The van der Waals surface area contributed by atoms with Gasteiger partial charge in [-0.25, -0.2) is 0 Å². The minimum atomic E-state index is 0.00996. The van der Waals surface area contributed by atoms with Crippen LogP contribution in [0.3, 0.4) is 0 Å². The Kier molecular flexibility index (Phi) is 4.08. The molecule has 0 aliphatic heterocycles. The van der Waals surface area contributed by atoms with E-state index in [4.69, 9.17) is 0 Å². The number of hydrogen-bond donors (Lipinski definition) is 1. The zero-order chi connectivity index (χ0) is 14.7. The second kappa shape index (κ2) is 5.78. The summed E-state index contributed by atoms with van der Waals surface area (Å²) in [4.78, 5) is 14.3. The Hall–Kier alpha value is -2.29. The Bertz CT molecular complexity index is 635. The molecule has 0 radical (unpaired) electrons. The van der Waals surface area contributed by atoms with Crippen LogP contribution in [-0.2, 0) is 0 Å². The molecule has 3 heteroatoms. The molecule has 0 heterocycles. The number of amides is 1. The number of benzene rings is 2. The molecule has 0 fully saturated rings. The molecular formula is C17H20N2O. The summed E-state index contributed by atoms with van der Waals surface area (Å²) >= 11 is 0. The molecule has 104 valence electrons. The van der Waals surface area contributed by atoms with Crippen LogP contribution >= 0.6 is 0 Å². The summed E-state index contributed by atoms with van der Waals surface area (Å²) in [7, 11) is 3.68. The van der Waals surface area contributed by atoms with E-state index in [2.05, 4.69) is 5.32 Å². The van der Waals surface area contributed by atoms with Crippen LogP contribution in [0.1, 0.15) is 21.5 Å². The third-order valence-electron chi connectivity index (χ3n) is 3.44. The van der Waals surface area contributed by atoms with Crippen molar-refractivity contribution >= 4 is 17.3 Å². The molecule has 0 spiro atoms. The largest absolute Gasteiger partial charge is 0.388 e. The van der Waals surface area contributed by atoms with Crippen LogP contribution < -0.4 is 10.2 Å². The van der Waals surface area contributed by atoms with E-state index in [1.165, 1.54) is 0 Å². The summed E-state index contributed by atoms with van der Waals surface area (Å²) < 4.78 is 0. The number of carbonyl (C=O) groups is 1. The average molecular weight is 268 g/mol. The lowest BCUT2D eigenvalue weighted by molar-refractivity contribution is 0.0992. The van der Waals surface area contributed by atoms with Gasteiger partial charge in [0.05, 0.1) is 0 Å². The number of nitrogens with zero attached hydrogens (tertiary/aromatic N) is 1. The minimum absolute atomic E-state index is 0.00996. The fourth-order valence-corrected chi connectivity index (χ4v) is 2.19. The SMILES string of the molecule is CNc1ccc(C(=O)N(C)c2cccc(C)c2)c(C)c1. The van der Waals surface area contributed by atoms with Crippen LogP contribution in [0.5, 0.6) is 0 Å². The highest BCUT2D eigenvalue weighted by atomic mass is 16.2. The van der Waals surface area contributed by atoms with Crippen LogP contribution in [-0.4, -0.2) is 20.0 Å². The van der Waals surface area contributed by atoms with Gasteiger partial charge in [0.15, 0.2) is 0 Å². The Morgan fingerprint density at radius 2 is 1.85 bits per heavy atom. The monoisotopic (exact) mass is 268 g/mol. The third kappa shape index (κ3) is 2.82. The van der Waals surface area contributed by atoms with E-state index >= 15 is 0 Å². The highest BCUT2D eigenvalue weighted by Gasteiger charge is 2.15. The predicted octanol–water partition coefficient (Wildman–Crippen LogP) is 3.62. The molecule has 1 amide bonds. The average Bonchev–Trinajstić information content (AvgIpc) is 2.45. The first-order chi connectivity index (χ1) is 9.52. The first kappa shape index (κ1) is 14.1. The molecule has 0 unspecified atom stereocenters. The van der Waals surface area contributed by atoms with E-state index in [9.17, 15) is 4.79 Å². The summed E-state index contributed by atoms with van der Waals surface area (Å²) in [6, 6.07) is 13.7. The summed E-state index contributed by atoms with van der Waals surface area (Å²) in [6.45, 7) is 3.98. The molecule has 2 rings (SSSR count). The van der Waals surface area contributed by atoms with Crippen molar-refractivity contribution in [2.24, 2.45) is 0 Å². The number of nitrogens with one attached hydrogen (secondary N) is 1. The van der Waals surface area contributed by atoms with Crippen LogP contribution in [0.4, 0.5) is 11.4 Å². The first-order valence-corrected chi connectivity index (χ1v) is 6.66. The number of aryl methyl sites for hydroxylation is 2. The van der Waals surface area contributed by atoms with E-state index in [0.29, 0.717) is 0 Å². The van der Waals surface area contributed by atoms with Gasteiger partial charge in [-0.2, -0.15) is 0 Å². The van der Waals surface area contributed by atoms with Crippen molar-refractivity contribution in [1.82, 2.24) is 0 Å². The van der Waals surface area contributed by atoms with E-state index in [0.717, 1.165) is 28.1 Å². The summed E-state index contributed by atoms with van der Waals surface area (Å²) in [5.41, 5.74) is 4.77. The molecule has 20 heavy (non-hydrogen) atoms. The highest BCUT2D eigenvalue weighted by molar-refractivity contribution is 6.06. The molecule has 3 nitrogen and oxygen atoms in total. The first-order valence-electron chi connectivity index (χ1n) is 6.66. The van der Waals surface area contributed by atoms with E-state index < -0.39 is 0 Å². The topological polar surface area (TPSA) is 32.3 Å². The molecule has 0 bridgehead atoms. The maximum absolute atomic E-state index is 12.6. The molecule has 0 aliphatic carbocycles. The van der Waals surface area contributed by atoms with Gasteiger partial charge in [0, 0.05) is 31.0 Å². The van der Waals surface area contributed by atoms with Crippen molar-refractivity contribution in [2.45, 2.75) is 13.8 Å². The van der Waals surface area contributed by atoms with Crippen LogP contribution in [0, 0.1) is 13.8 Å². The van der Waals surface area contributed by atoms with E-state index in [1.807, 2.05) is 70.4 Å². The molecule has 2 aromatic rings. The Labute approximate surface area is 120 Å². The lowest BCUT2D eigenvalue weighted by Gasteiger charge is -2.19. The van der Waals surface area contributed by atoms with Crippen molar-refractivity contribution in [3.8, 4) is 0 Å². The predicted molar refractivity (Wildman–Crippen MR) is 84.6 cm³/mol. The minimum Gasteiger partial charge on any atom is -0.388 e. The van der Waals surface area contributed by atoms with Crippen LogP contribution in [0.2, 0.25) is 0 Å². The summed E-state index contributed by atoms with van der Waals surface area (Å²) in [5, 5.41) is 3.08. The molecular weight excluding hydrogens is 248 g/mol. The second-order valence-corrected chi connectivity index (χ2v) is 4.98. The van der Waals surface area contributed by atoms with Crippen molar-refractivity contribution < 1.29 is 4.79 Å². The Morgan fingerprint density at radius 1 is 1.10 bits per heavy atom. The van der Waals surface area contributed by atoms with Crippen molar-refractivity contribution in [3.05, 3.63) is 59.2 Å².